The average Bonchev–Trinajstić information content (AvgIpc) is 3.29. The summed E-state index contributed by atoms with van der Waals surface area (Å²) in [4.78, 5) is 14.1. The van der Waals surface area contributed by atoms with Gasteiger partial charge in [-0.1, -0.05) is 54.1 Å². The van der Waals surface area contributed by atoms with Crippen LogP contribution in [0.2, 0.25) is 5.02 Å². The number of hydrogen-bond donors (Lipinski definition) is 1. The van der Waals surface area contributed by atoms with Gasteiger partial charge in [0, 0.05) is 34.6 Å². The van der Waals surface area contributed by atoms with Gasteiger partial charge in [-0.25, -0.2) is 0 Å². The minimum atomic E-state index is -0.0968. The van der Waals surface area contributed by atoms with Gasteiger partial charge in [-0.2, -0.15) is 0 Å². The molecular weight excluding hydrogens is 478 g/mol. The van der Waals surface area contributed by atoms with Crippen molar-refractivity contribution in [3.8, 4) is 22.4 Å². The number of imidazole rings is 1. The summed E-state index contributed by atoms with van der Waals surface area (Å²) >= 11 is 6.20. The fourth-order valence-electron chi connectivity index (χ4n) is 5.58. The van der Waals surface area contributed by atoms with Crippen LogP contribution in [0.15, 0.2) is 72.9 Å². The molecule has 1 aliphatic heterocycles. The molecule has 3 aromatic carbocycles. The third kappa shape index (κ3) is 4.15. The molecule has 0 fully saturated rings. The number of hydrogen-bond acceptors (Lipinski definition) is 1. The SMILES string of the molecule is Cc1cccc(NC(=O)c2c(-c3ccc(C)c(C)c3)c3c4n(c(-c5ccc(Cl)cc5)cn24)CCCC3)c1. The fourth-order valence-corrected chi connectivity index (χ4v) is 5.71. The summed E-state index contributed by atoms with van der Waals surface area (Å²) in [5.41, 5.74) is 11.8. The molecule has 0 spiro atoms. The minimum absolute atomic E-state index is 0.0968. The fraction of sp³-hybridized carbons (Fsp3) is 0.219. The van der Waals surface area contributed by atoms with E-state index in [2.05, 4.69) is 64.7 Å². The van der Waals surface area contributed by atoms with Crippen LogP contribution in [0.5, 0.6) is 0 Å². The Morgan fingerprint density at radius 1 is 0.892 bits per heavy atom. The highest BCUT2D eigenvalue weighted by Gasteiger charge is 2.29. The molecule has 0 saturated carbocycles. The van der Waals surface area contributed by atoms with Gasteiger partial charge in [-0.05, 0) is 92.1 Å². The summed E-state index contributed by atoms with van der Waals surface area (Å²) in [5, 5.41) is 3.91. The highest BCUT2D eigenvalue weighted by Crippen LogP contribution is 2.40. The van der Waals surface area contributed by atoms with Crippen molar-refractivity contribution in [1.29, 1.82) is 0 Å². The molecule has 37 heavy (non-hydrogen) atoms. The van der Waals surface area contributed by atoms with E-state index in [0.717, 1.165) is 65.1 Å². The lowest BCUT2D eigenvalue weighted by Gasteiger charge is -2.12. The first-order valence-electron chi connectivity index (χ1n) is 12.9. The van der Waals surface area contributed by atoms with Crippen LogP contribution >= 0.6 is 11.6 Å². The number of carbonyl (C=O) groups is 1. The first kappa shape index (κ1) is 23.6. The van der Waals surface area contributed by atoms with Gasteiger partial charge in [0.25, 0.3) is 5.91 Å². The Labute approximate surface area is 222 Å². The zero-order valence-electron chi connectivity index (χ0n) is 21.4. The maximum Gasteiger partial charge on any atom is 0.273 e. The van der Waals surface area contributed by atoms with Crippen LogP contribution in [0.3, 0.4) is 0 Å². The highest BCUT2D eigenvalue weighted by molar-refractivity contribution is 6.30. The maximum atomic E-state index is 14.1. The van der Waals surface area contributed by atoms with Gasteiger partial charge >= 0.3 is 0 Å². The van der Waals surface area contributed by atoms with Gasteiger partial charge in [0.2, 0.25) is 0 Å². The van der Waals surface area contributed by atoms with Crippen molar-refractivity contribution < 1.29 is 4.79 Å². The van der Waals surface area contributed by atoms with Crippen molar-refractivity contribution in [2.75, 3.05) is 5.32 Å². The molecule has 186 valence electrons. The molecule has 1 N–H and O–H groups in total. The van der Waals surface area contributed by atoms with Gasteiger partial charge in [0.05, 0.1) is 5.69 Å². The Kier molecular flexibility index (Phi) is 5.92. The van der Waals surface area contributed by atoms with Crippen molar-refractivity contribution in [2.45, 2.75) is 46.6 Å². The third-order valence-electron chi connectivity index (χ3n) is 7.56. The third-order valence-corrected chi connectivity index (χ3v) is 7.81. The molecule has 1 amide bonds. The van der Waals surface area contributed by atoms with E-state index in [0.29, 0.717) is 10.7 Å². The van der Waals surface area contributed by atoms with Gasteiger partial charge < -0.3 is 9.88 Å². The molecular formula is C32H30ClN3O. The van der Waals surface area contributed by atoms with E-state index in [1.165, 1.54) is 16.7 Å². The van der Waals surface area contributed by atoms with E-state index in [9.17, 15) is 4.79 Å². The van der Waals surface area contributed by atoms with Gasteiger partial charge in [0.15, 0.2) is 0 Å². The Morgan fingerprint density at radius 3 is 2.43 bits per heavy atom. The number of aromatic nitrogens is 2. The number of nitrogens with zero attached hydrogens (tertiary/aromatic N) is 2. The van der Waals surface area contributed by atoms with Gasteiger partial charge in [-0.3, -0.25) is 9.20 Å². The molecule has 5 heteroatoms. The summed E-state index contributed by atoms with van der Waals surface area (Å²) in [6.07, 6.45) is 5.24. The molecule has 1 aliphatic rings. The lowest BCUT2D eigenvalue weighted by Crippen LogP contribution is -2.15. The summed E-state index contributed by atoms with van der Waals surface area (Å²) in [5.74, 6) is -0.0968. The minimum Gasteiger partial charge on any atom is -0.325 e. The second kappa shape index (κ2) is 9.28. The van der Waals surface area contributed by atoms with Crippen LogP contribution in [-0.4, -0.2) is 14.9 Å². The molecule has 0 radical (unpaired) electrons. The van der Waals surface area contributed by atoms with Gasteiger partial charge in [-0.15, -0.1) is 0 Å². The molecule has 3 heterocycles. The summed E-state index contributed by atoms with van der Waals surface area (Å²) < 4.78 is 4.51. The number of amides is 1. The lowest BCUT2D eigenvalue weighted by molar-refractivity contribution is 0.102. The smallest absolute Gasteiger partial charge is 0.273 e. The topological polar surface area (TPSA) is 38.4 Å². The lowest BCUT2D eigenvalue weighted by atomic mass is 9.95. The molecule has 0 atom stereocenters. The van der Waals surface area contributed by atoms with Crippen LogP contribution in [0.25, 0.3) is 28.0 Å². The molecule has 5 aromatic rings. The zero-order valence-corrected chi connectivity index (χ0v) is 22.2. The normalized spacial score (nSPS) is 13.1. The second-order valence-electron chi connectivity index (χ2n) is 10.1. The van der Waals surface area contributed by atoms with Crippen molar-refractivity contribution in [1.82, 2.24) is 8.97 Å². The van der Waals surface area contributed by atoms with Crippen LogP contribution in [0.1, 0.15) is 45.6 Å². The number of carbonyl (C=O) groups excluding carboxylic acids is 1. The first-order valence-corrected chi connectivity index (χ1v) is 13.3. The molecule has 0 bridgehead atoms. The molecule has 0 saturated heterocycles. The monoisotopic (exact) mass is 507 g/mol. The Balaban J connectivity index is 1.62. The number of rotatable bonds is 4. The van der Waals surface area contributed by atoms with Crippen LogP contribution in [0.4, 0.5) is 5.69 Å². The summed E-state index contributed by atoms with van der Waals surface area (Å²) in [6.45, 7) is 7.21. The molecule has 0 unspecified atom stereocenters. The average molecular weight is 508 g/mol. The van der Waals surface area contributed by atoms with E-state index in [-0.39, 0.29) is 5.91 Å². The van der Waals surface area contributed by atoms with Crippen molar-refractivity contribution >= 4 is 28.8 Å². The number of halogens is 1. The predicted molar refractivity (Wildman–Crippen MR) is 153 cm³/mol. The van der Waals surface area contributed by atoms with Crippen LogP contribution in [-0.2, 0) is 13.0 Å². The summed E-state index contributed by atoms with van der Waals surface area (Å²) in [6, 6.07) is 22.5. The van der Waals surface area contributed by atoms with Crippen LogP contribution in [0, 0.1) is 20.8 Å². The summed E-state index contributed by atoms with van der Waals surface area (Å²) in [7, 11) is 0. The maximum absolute atomic E-state index is 14.1. The van der Waals surface area contributed by atoms with Gasteiger partial charge in [0.1, 0.15) is 11.3 Å². The number of aryl methyl sites for hydroxylation is 5. The standard InChI is InChI=1S/C32H30ClN3O/c1-20-7-6-8-26(17-20)34-31(37)30-29(24-11-10-21(2)22(3)18-24)27-9-4-5-16-35-28(19-36(30)32(27)35)23-12-14-25(33)15-13-23/h6-8,10-15,17-19H,4-5,9,16H2,1-3H3,(H,34,37). The Hall–Kier alpha value is -3.76. The molecule has 2 aromatic heterocycles. The highest BCUT2D eigenvalue weighted by atomic mass is 35.5. The van der Waals surface area contributed by atoms with Crippen molar-refractivity contribution in [2.24, 2.45) is 0 Å². The number of benzene rings is 3. The van der Waals surface area contributed by atoms with E-state index in [4.69, 9.17) is 11.6 Å². The first-order chi connectivity index (χ1) is 17.9. The van der Waals surface area contributed by atoms with E-state index in [1.54, 1.807) is 0 Å². The largest absolute Gasteiger partial charge is 0.325 e. The predicted octanol–water partition coefficient (Wildman–Crippen LogP) is 8.24. The number of anilines is 1. The second-order valence-corrected chi connectivity index (χ2v) is 10.6. The van der Waals surface area contributed by atoms with Crippen LogP contribution < -0.4 is 5.32 Å². The Morgan fingerprint density at radius 2 is 1.68 bits per heavy atom. The van der Waals surface area contributed by atoms with E-state index >= 15 is 0 Å². The van der Waals surface area contributed by atoms with E-state index in [1.807, 2.05) is 43.3 Å². The zero-order chi connectivity index (χ0) is 25.7. The quantitative estimate of drug-likeness (QED) is 0.261. The number of nitrogens with one attached hydrogen (secondary N) is 1. The molecule has 4 nitrogen and oxygen atoms in total. The molecule has 0 aliphatic carbocycles. The van der Waals surface area contributed by atoms with Crippen molar-refractivity contribution in [3.05, 3.63) is 106 Å². The van der Waals surface area contributed by atoms with Crippen molar-refractivity contribution in [3.63, 3.8) is 0 Å². The molecule has 6 rings (SSSR count). The Bertz CT molecular complexity index is 1660. The van der Waals surface area contributed by atoms with E-state index < -0.39 is 0 Å².